The highest BCUT2D eigenvalue weighted by Crippen LogP contribution is 2.41. The first kappa shape index (κ1) is 13.8. The summed E-state index contributed by atoms with van der Waals surface area (Å²) in [5.41, 5.74) is 0.879. The quantitative estimate of drug-likeness (QED) is 0.880. The lowest BCUT2D eigenvalue weighted by atomic mass is 9.67. The van der Waals surface area contributed by atoms with E-state index >= 15 is 0 Å². The van der Waals surface area contributed by atoms with Crippen molar-refractivity contribution in [3.63, 3.8) is 0 Å². The molecule has 5 heteroatoms. The summed E-state index contributed by atoms with van der Waals surface area (Å²) in [6.07, 6.45) is 4.02. The van der Waals surface area contributed by atoms with Crippen molar-refractivity contribution >= 4 is 23.2 Å². The Bertz CT molecular complexity index is 500. The Morgan fingerprint density at radius 1 is 1.30 bits per heavy atom. The number of hydrogen-bond donors (Lipinski definition) is 2. The molecule has 1 aromatic carbocycles. The van der Waals surface area contributed by atoms with Crippen LogP contribution in [0.2, 0.25) is 5.02 Å². The van der Waals surface area contributed by atoms with Crippen molar-refractivity contribution in [2.24, 2.45) is 11.3 Å². The van der Waals surface area contributed by atoms with Crippen LogP contribution in [0.5, 0.6) is 0 Å². The molecule has 1 aliphatic carbocycles. The van der Waals surface area contributed by atoms with Crippen LogP contribution in [0, 0.1) is 17.2 Å². The topological polar surface area (TPSA) is 41.1 Å². The molecular weight excluding hydrogens is 279 g/mol. The molecule has 1 aromatic rings. The summed E-state index contributed by atoms with van der Waals surface area (Å²) in [5.74, 6) is -0.423. The number of carbonyl (C=O) groups is 1. The molecule has 0 bridgehead atoms. The van der Waals surface area contributed by atoms with E-state index in [-0.39, 0.29) is 11.8 Å². The van der Waals surface area contributed by atoms with Crippen molar-refractivity contribution in [2.75, 3.05) is 18.4 Å². The standard InChI is InChI=1S/C15H18ClFN2O/c16-11-5-12(17)7-13(6-11)19-14(20)10-1-3-15(4-2-10)8-18-9-15/h5-7,10,18H,1-4,8-9H2,(H,19,20). The lowest BCUT2D eigenvalue weighted by molar-refractivity contribution is -0.121. The Labute approximate surface area is 122 Å². The highest BCUT2D eigenvalue weighted by molar-refractivity contribution is 6.30. The summed E-state index contributed by atoms with van der Waals surface area (Å²) in [7, 11) is 0. The van der Waals surface area contributed by atoms with E-state index in [1.807, 2.05) is 0 Å². The number of halogens is 2. The van der Waals surface area contributed by atoms with Gasteiger partial charge in [0.15, 0.2) is 0 Å². The number of benzene rings is 1. The molecule has 3 nitrogen and oxygen atoms in total. The first-order valence-electron chi connectivity index (χ1n) is 7.04. The van der Waals surface area contributed by atoms with Gasteiger partial charge in [0.05, 0.1) is 0 Å². The van der Waals surface area contributed by atoms with E-state index in [4.69, 9.17) is 11.6 Å². The highest BCUT2D eigenvalue weighted by atomic mass is 35.5. The van der Waals surface area contributed by atoms with E-state index in [9.17, 15) is 9.18 Å². The van der Waals surface area contributed by atoms with Crippen LogP contribution in [0.4, 0.5) is 10.1 Å². The van der Waals surface area contributed by atoms with Crippen LogP contribution in [0.15, 0.2) is 18.2 Å². The average molecular weight is 297 g/mol. The molecule has 2 N–H and O–H groups in total. The van der Waals surface area contributed by atoms with Crippen LogP contribution in [-0.2, 0) is 4.79 Å². The van der Waals surface area contributed by atoms with Crippen LogP contribution in [-0.4, -0.2) is 19.0 Å². The fourth-order valence-electron chi connectivity index (χ4n) is 3.19. The van der Waals surface area contributed by atoms with Gasteiger partial charge in [0.1, 0.15) is 5.82 Å². The molecule has 1 saturated carbocycles. The van der Waals surface area contributed by atoms with Crippen molar-refractivity contribution in [1.82, 2.24) is 5.32 Å². The minimum absolute atomic E-state index is 0.0196. The van der Waals surface area contributed by atoms with E-state index < -0.39 is 5.82 Å². The van der Waals surface area contributed by atoms with Crippen molar-refractivity contribution in [1.29, 1.82) is 0 Å². The fourth-order valence-corrected chi connectivity index (χ4v) is 3.42. The van der Waals surface area contributed by atoms with Crippen LogP contribution in [0.1, 0.15) is 25.7 Å². The van der Waals surface area contributed by atoms with Gasteiger partial charge in [0, 0.05) is 29.7 Å². The van der Waals surface area contributed by atoms with Gasteiger partial charge in [-0.15, -0.1) is 0 Å². The zero-order valence-corrected chi connectivity index (χ0v) is 12.0. The number of carbonyl (C=O) groups excluding carboxylic acids is 1. The largest absolute Gasteiger partial charge is 0.326 e. The van der Waals surface area contributed by atoms with E-state index in [0.29, 0.717) is 16.1 Å². The van der Waals surface area contributed by atoms with E-state index in [1.54, 1.807) is 6.07 Å². The second-order valence-electron chi connectivity index (χ2n) is 6.03. The van der Waals surface area contributed by atoms with Gasteiger partial charge in [-0.1, -0.05) is 11.6 Å². The van der Waals surface area contributed by atoms with Crippen molar-refractivity contribution < 1.29 is 9.18 Å². The molecule has 1 amide bonds. The number of anilines is 1. The second kappa shape index (κ2) is 5.34. The summed E-state index contributed by atoms with van der Waals surface area (Å²) in [4.78, 5) is 12.2. The molecule has 0 radical (unpaired) electrons. The van der Waals surface area contributed by atoms with Gasteiger partial charge < -0.3 is 10.6 Å². The van der Waals surface area contributed by atoms with Gasteiger partial charge in [0.25, 0.3) is 0 Å². The predicted octanol–water partition coefficient (Wildman–Crippen LogP) is 3.20. The maximum Gasteiger partial charge on any atom is 0.227 e. The summed E-state index contributed by atoms with van der Waals surface area (Å²) in [6.45, 7) is 2.17. The van der Waals surface area contributed by atoms with E-state index in [1.165, 1.54) is 12.1 Å². The summed E-state index contributed by atoms with van der Waals surface area (Å²) in [6, 6.07) is 4.10. The van der Waals surface area contributed by atoms with Crippen LogP contribution >= 0.6 is 11.6 Å². The molecular formula is C15H18ClFN2O. The minimum Gasteiger partial charge on any atom is -0.326 e. The first-order valence-corrected chi connectivity index (χ1v) is 7.42. The molecule has 1 aliphatic heterocycles. The van der Waals surface area contributed by atoms with Crippen molar-refractivity contribution in [2.45, 2.75) is 25.7 Å². The Balaban J connectivity index is 1.59. The van der Waals surface area contributed by atoms with Crippen LogP contribution in [0.25, 0.3) is 0 Å². The minimum atomic E-state index is -0.434. The number of amides is 1. The number of nitrogens with one attached hydrogen (secondary N) is 2. The SMILES string of the molecule is O=C(Nc1cc(F)cc(Cl)c1)C1CCC2(CC1)CNC2. The zero-order valence-electron chi connectivity index (χ0n) is 11.2. The Hall–Kier alpha value is -1.13. The van der Waals surface area contributed by atoms with Crippen LogP contribution in [0.3, 0.4) is 0 Å². The van der Waals surface area contributed by atoms with Crippen LogP contribution < -0.4 is 10.6 Å². The third-order valence-corrected chi connectivity index (χ3v) is 4.77. The molecule has 1 saturated heterocycles. The normalized spacial score (nSPS) is 21.5. The lowest BCUT2D eigenvalue weighted by Crippen LogP contribution is -2.55. The predicted molar refractivity (Wildman–Crippen MR) is 77.3 cm³/mol. The molecule has 108 valence electrons. The van der Waals surface area contributed by atoms with E-state index in [0.717, 1.165) is 38.8 Å². The van der Waals surface area contributed by atoms with Gasteiger partial charge in [-0.2, -0.15) is 0 Å². The van der Waals surface area contributed by atoms with Crippen molar-refractivity contribution in [3.05, 3.63) is 29.0 Å². The number of hydrogen-bond acceptors (Lipinski definition) is 2. The monoisotopic (exact) mass is 296 g/mol. The smallest absolute Gasteiger partial charge is 0.227 e. The molecule has 2 fully saturated rings. The average Bonchev–Trinajstić information content (AvgIpc) is 2.35. The second-order valence-corrected chi connectivity index (χ2v) is 6.46. The molecule has 3 rings (SSSR count). The van der Waals surface area contributed by atoms with Gasteiger partial charge >= 0.3 is 0 Å². The third kappa shape index (κ3) is 2.81. The zero-order chi connectivity index (χ0) is 14.2. The fraction of sp³-hybridized carbons (Fsp3) is 0.533. The summed E-state index contributed by atoms with van der Waals surface area (Å²) >= 11 is 5.78. The lowest BCUT2D eigenvalue weighted by Gasteiger charge is -2.47. The molecule has 20 heavy (non-hydrogen) atoms. The maximum absolute atomic E-state index is 13.2. The van der Waals surface area contributed by atoms with E-state index in [2.05, 4.69) is 10.6 Å². The molecule has 1 heterocycles. The molecule has 0 unspecified atom stereocenters. The maximum atomic E-state index is 13.2. The van der Waals surface area contributed by atoms with Gasteiger partial charge in [0.2, 0.25) is 5.91 Å². The van der Waals surface area contributed by atoms with Gasteiger partial charge in [-0.25, -0.2) is 4.39 Å². The molecule has 0 atom stereocenters. The summed E-state index contributed by atoms with van der Waals surface area (Å²) < 4.78 is 13.2. The Morgan fingerprint density at radius 2 is 2.00 bits per heavy atom. The third-order valence-electron chi connectivity index (χ3n) is 4.55. The van der Waals surface area contributed by atoms with Crippen molar-refractivity contribution in [3.8, 4) is 0 Å². The summed E-state index contributed by atoms with van der Waals surface area (Å²) in [5, 5.41) is 6.38. The Kier molecular flexibility index (Phi) is 3.69. The van der Waals surface area contributed by atoms with Gasteiger partial charge in [-0.3, -0.25) is 4.79 Å². The molecule has 0 aromatic heterocycles. The molecule has 1 spiro atoms. The highest BCUT2D eigenvalue weighted by Gasteiger charge is 2.41. The first-order chi connectivity index (χ1) is 9.56. The Morgan fingerprint density at radius 3 is 2.55 bits per heavy atom. The number of rotatable bonds is 2. The molecule has 2 aliphatic rings. The van der Waals surface area contributed by atoms with Gasteiger partial charge in [-0.05, 0) is 49.3 Å².